The number of hydrogen-bond donors (Lipinski definition) is 0. The van der Waals surface area contributed by atoms with Crippen molar-refractivity contribution in [3.05, 3.63) is 34.9 Å². The van der Waals surface area contributed by atoms with Crippen molar-refractivity contribution in [3.63, 3.8) is 0 Å². The van der Waals surface area contributed by atoms with Crippen LogP contribution in [0.25, 0.3) is 0 Å². The van der Waals surface area contributed by atoms with E-state index in [1.165, 1.54) is 38.5 Å². The maximum Gasteiger partial charge on any atom is 0.340 e. The monoisotopic (exact) mass is 497 g/mol. The second kappa shape index (κ2) is 11.3. The normalized spacial score (nSPS) is 31.7. The molecule has 7 heteroatoms. The Hall–Kier alpha value is -0.850. The molecule has 5 nitrogen and oxygen atoms in total. The highest BCUT2D eigenvalue weighted by atomic mass is 35.5. The van der Waals surface area contributed by atoms with Crippen molar-refractivity contribution in [2.75, 3.05) is 46.1 Å². The first-order chi connectivity index (χ1) is 15.6. The summed E-state index contributed by atoms with van der Waals surface area (Å²) in [4.78, 5) is 15.1. The smallest absolute Gasteiger partial charge is 0.340 e. The maximum atomic E-state index is 12.8. The number of rotatable bonds is 9. The highest BCUT2D eigenvalue weighted by molar-refractivity contribution is 6.33. The Balaban J connectivity index is 0.00000259. The van der Waals surface area contributed by atoms with Crippen LogP contribution in [0.5, 0.6) is 0 Å². The van der Waals surface area contributed by atoms with Crippen LogP contribution in [0.15, 0.2) is 24.3 Å². The first-order valence-electron chi connectivity index (χ1n) is 12.4. The SMILES string of the molecule is Cl.O=C(OC(COCCC12CC3CC(CC(C3)C1)C2)CN1CCOCC1)c1ccccc1Cl. The zero-order chi connectivity index (χ0) is 22.0. The second-order valence-corrected chi connectivity index (χ2v) is 11.1. The van der Waals surface area contributed by atoms with E-state index in [4.69, 9.17) is 25.8 Å². The summed E-state index contributed by atoms with van der Waals surface area (Å²) in [6.45, 7) is 5.00. The molecule has 1 aromatic carbocycles. The molecule has 1 aliphatic heterocycles. The number of halogens is 2. The minimum Gasteiger partial charge on any atom is -0.455 e. The van der Waals surface area contributed by atoms with Gasteiger partial charge in [0.1, 0.15) is 6.10 Å². The fourth-order valence-corrected chi connectivity index (χ4v) is 7.35. The van der Waals surface area contributed by atoms with Gasteiger partial charge in [-0.2, -0.15) is 0 Å². The van der Waals surface area contributed by atoms with E-state index in [0.29, 0.717) is 29.2 Å². The van der Waals surface area contributed by atoms with Crippen molar-refractivity contribution in [1.82, 2.24) is 4.90 Å². The zero-order valence-electron chi connectivity index (χ0n) is 19.4. The summed E-state index contributed by atoms with van der Waals surface area (Å²) in [5.74, 6) is 2.52. The average Bonchev–Trinajstić information content (AvgIpc) is 2.76. The van der Waals surface area contributed by atoms with Gasteiger partial charge < -0.3 is 14.2 Å². The topological polar surface area (TPSA) is 48.0 Å². The first-order valence-corrected chi connectivity index (χ1v) is 12.8. The molecule has 1 atom stereocenters. The van der Waals surface area contributed by atoms with Crippen LogP contribution >= 0.6 is 24.0 Å². The van der Waals surface area contributed by atoms with Crippen LogP contribution in [0.4, 0.5) is 0 Å². The van der Waals surface area contributed by atoms with Gasteiger partial charge in [0.05, 0.1) is 30.4 Å². The largest absolute Gasteiger partial charge is 0.455 e. The van der Waals surface area contributed by atoms with E-state index in [1.807, 2.05) is 6.07 Å². The number of esters is 1. The summed E-state index contributed by atoms with van der Waals surface area (Å²) in [5.41, 5.74) is 0.928. The number of nitrogens with zero attached hydrogens (tertiary/aromatic N) is 1. The molecule has 1 saturated heterocycles. The third-order valence-corrected chi connectivity index (χ3v) is 8.51. The predicted molar refractivity (Wildman–Crippen MR) is 131 cm³/mol. The van der Waals surface area contributed by atoms with E-state index >= 15 is 0 Å². The molecule has 0 amide bonds. The lowest BCUT2D eigenvalue weighted by atomic mass is 9.49. The predicted octanol–water partition coefficient (Wildman–Crippen LogP) is 5.24. The highest BCUT2D eigenvalue weighted by Gasteiger charge is 2.50. The van der Waals surface area contributed by atoms with Crippen molar-refractivity contribution < 1.29 is 19.0 Å². The molecule has 0 spiro atoms. The van der Waals surface area contributed by atoms with Crippen LogP contribution in [0, 0.1) is 23.2 Å². The summed E-state index contributed by atoms with van der Waals surface area (Å²) in [5, 5.41) is 0.422. The van der Waals surface area contributed by atoms with E-state index in [9.17, 15) is 4.79 Å². The van der Waals surface area contributed by atoms with Crippen molar-refractivity contribution in [3.8, 4) is 0 Å². The minimum atomic E-state index is -0.376. The Morgan fingerprint density at radius 2 is 1.73 bits per heavy atom. The molecule has 4 aliphatic carbocycles. The van der Waals surface area contributed by atoms with Crippen LogP contribution in [0.3, 0.4) is 0 Å². The van der Waals surface area contributed by atoms with Crippen LogP contribution in [0.1, 0.15) is 55.3 Å². The van der Waals surface area contributed by atoms with Gasteiger partial charge in [-0.1, -0.05) is 23.7 Å². The Morgan fingerprint density at radius 1 is 1.09 bits per heavy atom. The second-order valence-electron chi connectivity index (χ2n) is 10.7. The number of ether oxygens (including phenoxy) is 3. The van der Waals surface area contributed by atoms with Gasteiger partial charge in [-0.3, -0.25) is 4.90 Å². The molecule has 1 unspecified atom stereocenters. The number of carbonyl (C=O) groups excluding carboxylic acids is 1. The minimum absolute atomic E-state index is 0. The summed E-state index contributed by atoms with van der Waals surface area (Å²) in [6.07, 6.45) is 9.47. The maximum absolute atomic E-state index is 12.8. The van der Waals surface area contributed by atoms with Crippen LogP contribution in [0.2, 0.25) is 5.02 Å². The fraction of sp³-hybridized carbons (Fsp3) is 0.731. The lowest BCUT2D eigenvalue weighted by molar-refractivity contribution is -0.0768. The molecule has 1 heterocycles. The molecule has 6 rings (SSSR count). The summed E-state index contributed by atoms with van der Waals surface area (Å²) in [7, 11) is 0. The number of carbonyl (C=O) groups is 1. The molecule has 5 fully saturated rings. The lowest BCUT2D eigenvalue weighted by Gasteiger charge is -2.57. The molecule has 4 saturated carbocycles. The molecular weight excluding hydrogens is 461 g/mol. The summed E-state index contributed by atoms with van der Waals surface area (Å²) < 4.78 is 17.5. The molecule has 0 radical (unpaired) electrons. The van der Waals surface area contributed by atoms with E-state index in [1.54, 1.807) is 18.2 Å². The van der Waals surface area contributed by atoms with Gasteiger partial charge in [0, 0.05) is 26.2 Å². The molecule has 1 aromatic rings. The Labute approximate surface area is 208 Å². The summed E-state index contributed by atoms with van der Waals surface area (Å²) in [6, 6.07) is 7.06. The van der Waals surface area contributed by atoms with Gasteiger partial charge in [-0.25, -0.2) is 4.79 Å². The van der Waals surface area contributed by atoms with Gasteiger partial charge in [0.25, 0.3) is 0 Å². The molecule has 0 N–H and O–H groups in total. The van der Waals surface area contributed by atoms with Crippen molar-refractivity contribution in [2.24, 2.45) is 23.2 Å². The van der Waals surface area contributed by atoms with Crippen molar-refractivity contribution in [1.29, 1.82) is 0 Å². The van der Waals surface area contributed by atoms with Crippen LogP contribution in [-0.2, 0) is 14.2 Å². The van der Waals surface area contributed by atoms with E-state index < -0.39 is 0 Å². The van der Waals surface area contributed by atoms with E-state index in [2.05, 4.69) is 4.90 Å². The third-order valence-electron chi connectivity index (χ3n) is 8.18. The number of morpholine rings is 1. The molecule has 4 bridgehead atoms. The van der Waals surface area contributed by atoms with Crippen molar-refractivity contribution in [2.45, 2.75) is 51.0 Å². The van der Waals surface area contributed by atoms with Gasteiger partial charge in [0.15, 0.2) is 0 Å². The van der Waals surface area contributed by atoms with Gasteiger partial charge >= 0.3 is 5.97 Å². The number of benzene rings is 1. The van der Waals surface area contributed by atoms with Gasteiger partial charge in [0.2, 0.25) is 0 Å². The van der Waals surface area contributed by atoms with Crippen LogP contribution in [-0.4, -0.2) is 63.0 Å². The average molecular weight is 498 g/mol. The number of hydrogen-bond acceptors (Lipinski definition) is 5. The quantitative estimate of drug-likeness (QED) is 0.344. The van der Waals surface area contributed by atoms with Gasteiger partial charge in [-0.05, 0) is 80.2 Å². The molecule has 0 aromatic heterocycles. The molecule has 184 valence electrons. The van der Waals surface area contributed by atoms with Gasteiger partial charge in [-0.15, -0.1) is 12.4 Å². The zero-order valence-corrected chi connectivity index (χ0v) is 21.0. The Morgan fingerprint density at radius 3 is 2.36 bits per heavy atom. The molecular formula is C26H37Cl2NO4. The van der Waals surface area contributed by atoms with E-state index in [-0.39, 0.29) is 24.5 Å². The Bertz CT molecular complexity index is 763. The first kappa shape index (κ1) is 25.2. The Kier molecular flexibility index (Phi) is 8.61. The molecule has 5 aliphatic rings. The highest BCUT2D eigenvalue weighted by Crippen LogP contribution is 2.61. The summed E-state index contributed by atoms with van der Waals surface area (Å²) >= 11 is 6.21. The lowest BCUT2D eigenvalue weighted by Crippen LogP contribution is -2.46. The molecule has 33 heavy (non-hydrogen) atoms. The third kappa shape index (κ3) is 6.24. The standard InChI is InChI=1S/C26H36ClNO4.ClH/c27-24-4-2-1-3-23(24)25(29)32-22(17-28-6-9-30-10-7-28)18-31-8-5-26-14-19-11-20(15-26)13-21(12-19)16-26;/h1-4,19-22H,5-18H2;1H. The van der Waals surface area contributed by atoms with Crippen molar-refractivity contribution >= 4 is 30.0 Å². The fourth-order valence-electron chi connectivity index (χ4n) is 7.14. The van der Waals surface area contributed by atoms with E-state index in [0.717, 1.165) is 57.1 Å². The van der Waals surface area contributed by atoms with Crippen LogP contribution < -0.4 is 0 Å².